The van der Waals surface area contributed by atoms with Gasteiger partial charge in [-0.05, 0) is 50.4 Å². The largest absolute Gasteiger partial charge is 0.481 e. The summed E-state index contributed by atoms with van der Waals surface area (Å²) in [5, 5.41) is 8.66. The number of allylic oxidation sites excluding steroid dienone is 2. The first-order chi connectivity index (χ1) is 12.1. The topological polar surface area (TPSA) is 55.8 Å². The predicted octanol–water partition coefficient (Wildman–Crippen LogP) is 4.82. The first-order valence-corrected chi connectivity index (χ1v) is 10.2. The van der Waals surface area contributed by atoms with Gasteiger partial charge in [0.15, 0.2) is 0 Å². The Hall–Kier alpha value is -0.870. The number of ether oxygens (including phenoxy) is 2. The van der Waals surface area contributed by atoms with Crippen molar-refractivity contribution >= 4 is 5.97 Å². The highest BCUT2D eigenvalue weighted by Crippen LogP contribution is 2.45. The minimum Gasteiger partial charge on any atom is -0.481 e. The lowest BCUT2D eigenvalue weighted by atomic mass is 9.78. The van der Waals surface area contributed by atoms with Crippen LogP contribution in [0.3, 0.4) is 0 Å². The second kappa shape index (κ2) is 11.0. The number of hydrogen-bond donors (Lipinski definition) is 1. The molecule has 0 aromatic carbocycles. The lowest BCUT2D eigenvalue weighted by Crippen LogP contribution is -2.31. The highest BCUT2D eigenvalue weighted by molar-refractivity contribution is 5.66. The number of carbonyl (C=O) groups is 1. The molecular weight excluding hydrogens is 316 g/mol. The fraction of sp³-hybridized carbons (Fsp3) is 0.857. The molecule has 2 bridgehead atoms. The number of hydrogen-bond acceptors (Lipinski definition) is 3. The van der Waals surface area contributed by atoms with Crippen LogP contribution >= 0.6 is 0 Å². The summed E-state index contributed by atoms with van der Waals surface area (Å²) in [6, 6.07) is 0. The van der Waals surface area contributed by atoms with Crippen molar-refractivity contribution in [2.24, 2.45) is 17.8 Å². The predicted molar refractivity (Wildman–Crippen MR) is 99.6 cm³/mol. The van der Waals surface area contributed by atoms with Gasteiger partial charge in [0.05, 0.1) is 18.8 Å². The summed E-state index contributed by atoms with van der Waals surface area (Å²) in [6.07, 6.45) is 14.2. The smallest absolute Gasteiger partial charge is 0.303 e. The zero-order chi connectivity index (χ0) is 18.1. The summed E-state index contributed by atoms with van der Waals surface area (Å²) in [5.41, 5.74) is 0. The zero-order valence-corrected chi connectivity index (χ0v) is 16.0. The summed E-state index contributed by atoms with van der Waals surface area (Å²) in [4.78, 5) is 10.5. The van der Waals surface area contributed by atoms with Crippen molar-refractivity contribution in [2.45, 2.75) is 83.8 Å². The van der Waals surface area contributed by atoms with Crippen LogP contribution in [0.2, 0.25) is 0 Å². The molecule has 2 aliphatic heterocycles. The van der Waals surface area contributed by atoms with Crippen molar-refractivity contribution in [3.63, 3.8) is 0 Å². The molecule has 0 saturated carbocycles. The molecule has 0 amide bonds. The van der Waals surface area contributed by atoms with Gasteiger partial charge < -0.3 is 14.6 Å². The maximum Gasteiger partial charge on any atom is 0.303 e. The molecule has 2 heterocycles. The van der Waals surface area contributed by atoms with E-state index in [1.807, 2.05) is 0 Å². The van der Waals surface area contributed by atoms with Crippen LogP contribution in [0.5, 0.6) is 0 Å². The van der Waals surface area contributed by atoms with Gasteiger partial charge in [-0.25, -0.2) is 0 Å². The van der Waals surface area contributed by atoms with E-state index in [0.717, 1.165) is 32.5 Å². The van der Waals surface area contributed by atoms with E-state index in [-0.39, 0.29) is 6.42 Å². The number of fused-ring (bicyclic) bond motifs is 2. The van der Waals surface area contributed by atoms with Crippen LogP contribution < -0.4 is 0 Å². The van der Waals surface area contributed by atoms with E-state index in [0.29, 0.717) is 30.0 Å². The zero-order valence-electron chi connectivity index (χ0n) is 16.0. The summed E-state index contributed by atoms with van der Waals surface area (Å²) >= 11 is 0. The number of unbranched alkanes of at least 4 members (excludes halogenated alkanes) is 2. The van der Waals surface area contributed by atoms with Gasteiger partial charge in [-0.15, -0.1) is 0 Å². The minimum absolute atomic E-state index is 0.258. The molecule has 2 saturated heterocycles. The van der Waals surface area contributed by atoms with Crippen molar-refractivity contribution in [3.8, 4) is 0 Å². The second-order valence-corrected chi connectivity index (χ2v) is 7.90. The Morgan fingerprint density at radius 2 is 2.00 bits per heavy atom. The average Bonchev–Trinajstić information content (AvgIpc) is 3.18. The number of carboxylic acid groups (broad SMARTS) is 1. The molecule has 4 nitrogen and oxygen atoms in total. The fourth-order valence-corrected chi connectivity index (χ4v) is 4.21. The van der Waals surface area contributed by atoms with Gasteiger partial charge in [0.25, 0.3) is 0 Å². The van der Waals surface area contributed by atoms with E-state index in [1.165, 1.54) is 32.1 Å². The molecule has 0 aromatic heterocycles. The van der Waals surface area contributed by atoms with E-state index in [1.54, 1.807) is 0 Å². The molecule has 0 aromatic rings. The van der Waals surface area contributed by atoms with E-state index >= 15 is 0 Å². The lowest BCUT2D eigenvalue weighted by Gasteiger charge is -2.27. The minimum atomic E-state index is -0.708. The van der Waals surface area contributed by atoms with Crippen LogP contribution in [-0.4, -0.2) is 36.5 Å². The first kappa shape index (κ1) is 20.4. The molecule has 0 aliphatic carbocycles. The molecule has 5 unspecified atom stereocenters. The van der Waals surface area contributed by atoms with Crippen molar-refractivity contribution in [3.05, 3.63) is 12.2 Å². The van der Waals surface area contributed by atoms with Crippen LogP contribution in [0.15, 0.2) is 12.2 Å². The Morgan fingerprint density at radius 1 is 1.24 bits per heavy atom. The van der Waals surface area contributed by atoms with Gasteiger partial charge in [-0.3, -0.25) is 4.79 Å². The third-order valence-corrected chi connectivity index (χ3v) is 5.69. The van der Waals surface area contributed by atoms with Gasteiger partial charge >= 0.3 is 5.97 Å². The summed E-state index contributed by atoms with van der Waals surface area (Å²) < 4.78 is 12.2. The van der Waals surface area contributed by atoms with Crippen LogP contribution in [0, 0.1) is 17.8 Å². The Morgan fingerprint density at radius 3 is 2.72 bits per heavy atom. The summed E-state index contributed by atoms with van der Waals surface area (Å²) in [6.45, 7) is 6.21. The average molecular weight is 353 g/mol. The van der Waals surface area contributed by atoms with E-state index in [2.05, 4.69) is 26.0 Å². The molecule has 25 heavy (non-hydrogen) atoms. The maximum atomic E-state index is 10.5. The van der Waals surface area contributed by atoms with Gasteiger partial charge in [-0.1, -0.05) is 38.8 Å². The molecule has 0 radical (unpaired) electrons. The quantitative estimate of drug-likeness (QED) is 0.381. The van der Waals surface area contributed by atoms with Crippen molar-refractivity contribution < 1.29 is 19.4 Å². The Kier molecular flexibility index (Phi) is 8.97. The number of aliphatic carboxylic acids is 1. The molecule has 2 fully saturated rings. The number of rotatable bonds is 13. The highest BCUT2D eigenvalue weighted by Gasteiger charge is 2.48. The fourth-order valence-electron chi connectivity index (χ4n) is 4.21. The third kappa shape index (κ3) is 6.74. The molecule has 2 rings (SSSR count). The Labute approximate surface area is 153 Å². The molecule has 2 aliphatic rings. The van der Waals surface area contributed by atoms with Gasteiger partial charge in [-0.2, -0.15) is 0 Å². The van der Waals surface area contributed by atoms with E-state index in [4.69, 9.17) is 14.6 Å². The normalized spacial score (nSPS) is 29.5. The Balaban J connectivity index is 1.69. The first-order valence-electron chi connectivity index (χ1n) is 10.2. The van der Waals surface area contributed by atoms with Gasteiger partial charge in [0.1, 0.15) is 0 Å². The second-order valence-electron chi connectivity index (χ2n) is 7.90. The SMILES string of the molecule is CCCCC(C)COCC1C2CCC(O2)C1C/C=C\CCCC(=O)O. The van der Waals surface area contributed by atoms with E-state index in [9.17, 15) is 4.79 Å². The molecule has 0 spiro atoms. The molecule has 4 heteroatoms. The van der Waals surface area contributed by atoms with Crippen LogP contribution in [0.1, 0.15) is 71.6 Å². The van der Waals surface area contributed by atoms with E-state index < -0.39 is 5.97 Å². The molecular formula is C21H36O4. The lowest BCUT2D eigenvalue weighted by molar-refractivity contribution is -0.137. The molecule has 1 N–H and O–H groups in total. The van der Waals surface area contributed by atoms with Crippen molar-refractivity contribution in [1.82, 2.24) is 0 Å². The summed E-state index contributed by atoms with van der Waals surface area (Å²) in [5.74, 6) is 1.04. The highest BCUT2D eigenvalue weighted by atomic mass is 16.5. The van der Waals surface area contributed by atoms with Gasteiger partial charge in [0, 0.05) is 18.9 Å². The van der Waals surface area contributed by atoms with Crippen LogP contribution in [0.4, 0.5) is 0 Å². The third-order valence-electron chi connectivity index (χ3n) is 5.69. The van der Waals surface area contributed by atoms with Crippen LogP contribution in [0.25, 0.3) is 0 Å². The monoisotopic (exact) mass is 352 g/mol. The molecule has 5 atom stereocenters. The maximum absolute atomic E-state index is 10.5. The summed E-state index contributed by atoms with van der Waals surface area (Å²) in [7, 11) is 0. The Bertz CT molecular complexity index is 420. The van der Waals surface area contributed by atoms with Crippen LogP contribution in [-0.2, 0) is 14.3 Å². The van der Waals surface area contributed by atoms with Crippen molar-refractivity contribution in [2.75, 3.05) is 13.2 Å². The standard InChI is InChI=1S/C21H36O4/c1-3-4-9-16(2)14-24-15-18-17(19-12-13-20(18)25-19)10-7-5-6-8-11-21(22)23/h5,7,16-20H,3-4,6,8-15H2,1-2H3,(H,22,23)/b7-5-. The molecule has 144 valence electrons. The number of carboxylic acids is 1. The van der Waals surface area contributed by atoms with Gasteiger partial charge in [0.2, 0.25) is 0 Å². The van der Waals surface area contributed by atoms with Crippen molar-refractivity contribution in [1.29, 1.82) is 0 Å².